The highest BCUT2D eigenvalue weighted by atomic mass is 16.2. The number of hydrogen-bond donors (Lipinski definition) is 1. The predicted molar refractivity (Wildman–Crippen MR) is 96.0 cm³/mol. The quantitative estimate of drug-likeness (QED) is 0.730. The zero-order valence-corrected chi connectivity index (χ0v) is 15.7. The maximum atomic E-state index is 12.8. The molecular formula is C17H30N6O2. The summed E-state index contributed by atoms with van der Waals surface area (Å²) in [5, 5.41) is 7.23. The van der Waals surface area contributed by atoms with Gasteiger partial charge in [0.05, 0.1) is 12.7 Å². The van der Waals surface area contributed by atoms with E-state index in [2.05, 4.69) is 15.3 Å². The molecule has 0 bridgehead atoms. The third-order valence-electron chi connectivity index (χ3n) is 4.75. The molecule has 1 atom stereocenters. The molecule has 0 spiro atoms. The molecule has 8 heteroatoms. The van der Waals surface area contributed by atoms with Crippen molar-refractivity contribution in [2.45, 2.75) is 19.9 Å². The lowest BCUT2D eigenvalue weighted by atomic mass is 10.1. The second-order valence-corrected chi connectivity index (χ2v) is 6.34. The van der Waals surface area contributed by atoms with E-state index >= 15 is 0 Å². The molecule has 25 heavy (non-hydrogen) atoms. The Kier molecular flexibility index (Phi) is 6.95. The van der Waals surface area contributed by atoms with Gasteiger partial charge in [0, 0.05) is 58.1 Å². The first-order valence-electron chi connectivity index (χ1n) is 8.94. The summed E-state index contributed by atoms with van der Waals surface area (Å²) in [6, 6.07) is -0.377. The largest absolute Gasteiger partial charge is 0.342 e. The molecule has 140 valence electrons. The van der Waals surface area contributed by atoms with Crippen LogP contribution in [0.3, 0.4) is 0 Å². The van der Waals surface area contributed by atoms with Crippen LogP contribution in [-0.2, 0) is 16.6 Å². The van der Waals surface area contributed by atoms with Crippen molar-refractivity contribution in [3.8, 4) is 0 Å². The van der Waals surface area contributed by atoms with Crippen LogP contribution in [0.2, 0.25) is 0 Å². The van der Waals surface area contributed by atoms with Gasteiger partial charge in [-0.2, -0.15) is 5.10 Å². The highest BCUT2D eigenvalue weighted by molar-refractivity contribution is 5.83. The lowest BCUT2D eigenvalue weighted by Crippen LogP contribution is -2.53. The molecule has 1 aliphatic rings. The van der Waals surface area contributed by atoms with E-state index in [0.717, 1.165) is 31.7 Å². The van der Waals surface area contributed by atoms with Gasteiger partial charge in [-0.15, -0.1) is 0 Å². The molecule has 2 heterocycles. The van der Waals surface area contributed by atoms with E-state index in [4.69, 9.17) is 0 Å². The molecule has 1 unspecified atom stereocenters. The standard InChI is InChI=1S/C17H30N6O2/c1-5-22(6-2)15(24)13-21-7-9-23(10-8-21)17(25)16(18-3)14-11-19-20(4)12-14/h11-12,16,18H,5-10,13H2,1-4H3. The van der Waals surface area contributed by atoms with Crippen LogP contribution in [0.4, 0.5) is 0 Å². The Bertz CT molecular complexity index is 575. The first-order chi connectivity index (χ1) is 12.0. The number of amides is 2. The Balaban J connectivity index is 1.88. The molecule has 8 nitrogen and oxygen atoms in total. The van der Waals surface area contributed by atoms with Gasteiger partial charge < -0.3 is 15.1 Å². The van der Waals surface area contributed by atoms with Crippen LogP contribution in [0.5, 0.6) is 0 Å². The van der Waals surface area contributed by atoms with Gasteiger partial charge in [0.2, 0.25) is 11.8 Å². The molecule has 2 amide bonds. The van der Waals surface area contributed by atoms with Crippen molar-refractivity contribution in [1.82, 2.24) is 29.8 Å². The fourth-order valence-electron chi connectivity index (χ4n) is 3.20. The van der Waals surface area contributed by atoms with E-state index in [1.54, 1.807) is 17.9 Å². The summed E-state index contributed by atoms with van der Waals surface area (Å²) < 4.78 is 1.70. The smallest absolute Gasteiger partial charge is 0.244 e. The monoisotopic (exact) mass is 350 g/mol. The fourth-order valence-corrected chi connectivity index (χ4v) is 3.20. The lowest BCUT2D eigenvalue weighted by molar-refractivity contribution is -0.136. The Morgan fingerprint density at radius 1 is 1.24 bits per heavy atom. The lowest BCUT2D eigenvalue weighted by Gasteiger charge is -2.36. The average molecular weight is 350 g/mol. The minimum absolute atomic E-state index is 0.0604. The number of nitrogens with zero attached hydrogens (tertiary/aromatic N) is 5. The Hall–Kier alpha value is -1.93. The average Bonchev–Trinajstić information content (AvgIpc) is 3.03. The molecule has 1 aromatic heterocycles. The molecule has 0 aliphatic carbocycles. The molecule has 2 rings (SSSR count). The number of hydrogen-bond acceptors (Lipinski definition) is 5. The van der Waals surface area contributed by atoms with E-state index in [1.807, 2.05) is 36.9 Å². The molecule has 0 aromatic carbocycles. The summed E-state index contributed by atoms with van der Waals surface area (Å²) in [4.78, 5) is 30.9. The third kappa shape index (κ3) is 4.79. The van der Waals surface area contributed by atoms with E-state index in [-0.39, 0.29) is 17.9 Å². The first-order valence-corrected chi connectivity index (χ1v) is 8.94. The summed E-state index contributed by atoms with van der Waals surface area (Å²) in [5.74, 6) is 0.221. The van der Waals surface area contributed by atoms with E-state index < -0.39 is 0 Å². The number of aryl methyl sites for hydroxylation is 1. The molecular weight excluding hydrogens is 320 g/mol. The SMILES string of the molecule is CCN(CC)C(=O)CN1CCN(C(=O)C(NC)c2cnn(C)c2)CC1. The van der Waals surface area contributed by atoms with Crippen molar-refractivity contribution in [2.75, 3.05) is 52.9 Å². The van der Waals surface area contributed by atoms with Gasteiger partial charge in [0.15, 0.2) is 0 Å². The first kappa shape index (κ1) is 19.4. The van der Waals surface area contributed by atoms with Gasteiger partial charge in [-0.05, 0) is 20.9 Å². The van der Waals surface area contributed by atoms with Gasteiger partial charge >= 0.3 is 0 Å². The summed E-state index contributed by atoms with van der Waals surface area (Å²) in [6.45, 7) is 8.63. The number of carbonyl (C=O) groups is 2. The van der Waals surface area contributed by atoms with Crippen molar-refractivity contribution >= 4 is 11.8 Å². The zero-order chi connectivity index (χ0) is 18.4. The second kappa shape index (κ2) is 8.96. The van der Waals surface area contributed by atoms with Gasteiger partial charge in [0.25, 0.3) is 0 Å². The third-order valence-corrected chi connectivity index (χ3v) is 4.75. The van der Waals surface area contributed by atoms with Crippen LogP contribution >= 0.6 is 0 Å². The molecule has 1 aromatic rings. The number of aromatic nitrogens is 2. The van der Waals surface area contributed by atoms with Gasteiger partial charge in [-0.3, -0.25) is 19.2 Å². The highest BCUT2D eigenvalue weighted by Gasteiger charge is 2.29. The van der Waals surface area contributed by atoms with Crippen molar-refractivity contribution < 1.29 is 9.59 Å². The van der Waals surface area contributed by atoms with Crippen molar-refractivity contribution in [3.63, 3.8) is 0 Å². The number of rotatable bonds is 7. The van der Waals surface area contributed by atoms with Gasteiger partial charge in [-0.1, -0.05) is 0 Å². The fraction of sp³-hybridized carbons (Fsp3) is 0.706. The van der Waals surface area contributed by atoms with Crippen molar-refractivity contribution in [3.05, 3.63) is 18.0 Å². The van der Waals surface area contributed by atoms with Crippen LogP contribution in [0.1, 0.15) is 25.5 Å². The summed E-state index contributed by atoms with van der Waals surface area (Å²) in [7, 11) is 3.63. The van der Waals surface area contributed by atoms with Crippen LogP contribution < -0.4 is 5.32 Å². The van der Waals surface area contributed by atoms with E-state index in [0.29, 0.717) is 19.6 Å². The molecule has 1 fully saturated rings. The van der Waals surface area contributed by atoms with Crippen molar-refractivity contribution in [1.29, 1.82) is 0 Å². The van der Waals surface area contributed by atoms with E-state index in [9.17, 15) is 9.59 Å². The highest BCUT2D eigenvalue weighted by Crippen LogP contribution is 2.16. The van der Waals surface area contributed by atoms with Crippen LogP contribution in [-0.4, -0.2) is 89.2 Å². The second-order valence-electron chi connectivity index (χ2n) is 6.34. The summed E-state index contributed by atoms with van der Waals surface area (Å²) >= 11 is 0. The van der Waals surface area contributed by atoms with Gasteiger partial charge in [-0.25, -0.2) is 0 Å². The number of carbonyl (C=O) groups excluding carboxylic acids is 2. The van der Waals surface area contributed by atoms with Crippen LogP contribution in [0.25, 0.3) is 0 Å². The normalized spacial score (nSPS) is 16.7. The molecule has 1 N–H and O–H groups in total. The minimum atomic E-state index is -0.377. The van der Waals surface area contributed by atoms with Crippen LogP contribution in [0.15, 0.2) is 12.4 Å². The minimum Gasteiger partial charge on any atom is -0.342 e. The van der Waals surface area contributed by atoms with Gasteiger partial charge in [0.1, 0.15) is 6.04 Å². The maximum Gasteiger partial charge on any atom is 0.244 e. The summed E-state index contributed by atoms with van der Waals surface area (Å²) in [6.07, 6.45) is 3.58. The molecule has 1 aliphatic heterocycles. The number of likely N-dealkylation sites (N-methyl/N-ethyl adjacent to an activating group) is 2. The molecule has 0 radical (unpaired) electrons. The molecule has 0 saturated carbocycles. The Morgan fingerprint density at radius 3 is 2.36 bits per heavy atom. The van der Waals surface area contributed by atoms with Crippen LogP contribution in [0, 0.1) is 0 Å². The Labute approximate surface area is 149 Å². The predicted octanol–water partition coefficient (Wildman–Crippen LogP) is -0.307. The Morgan fingerprint density at radius 2 is 1.88 bits per heavy atom. The topological polar surface area (TPSA) is 73.7 Å². The summed E-state index contributed by atoms with van der Waals surface area (Å²) in [5.41, 5.74) is 0.870. The zero-order valence-electron chi connectivity index (χ0n) is 15.7. The maximum absolute atomic E-state index is 12.8. The molecule has 1 saturated heterocycles. The van der Waals surface area contributed by atoms with E-state index in [1.165, 1.54) is 0 Å². The number of piperazine rings is 1. The number of nitrogens with one attached hydrogen (secondary N) is 1. The van der Waals surface area contributed by atoms with Crippen molar-refractivity contribution in [2.24, 2.45) is 7.05 Å².